The smallest absolute Gasteiger partial charge is 0.306 e. The molecule has 228 valence electrons. The number of hydrogen-bond donors (Lipinski definition) is 2. The van der Waals surface area contributed by atoms with Crippen molar-refractivity contribution in [2.75, 3.05) is 20.8 Å². The lowest BCUT2D eigenvalue weighted by atomic mass is 10.0. The second-order valence-corrected chi connectivity index (χ2v) is 12.4. The zero-order valence-corrected chi connectivity index (χ0v) is 25.7. The van der Waals surface area contributed by atoms with E-state index in [0.717, 1.165) is 27.0 Å². The number of aliphatic carboxylic acids is 2. The standard InChI is InChI=1S/C31H31FO9S2/c1-15(30(35)36)8-20(33)26-11-18-10-17(22(39-3)13-24(18)42-26)6-5-7-41-29-23(40-4)14-25-19(28(29)32)12-27(43-25)21(34)9-16(2)31(37)38/h10-16H,5-9H2,1-4H3,(H,35,36)(H,37,38). The highest BCUT2D eigenvalue weighted by atomic mass is 32.1. The summed E-state index contributed by atoms with van der Waals surface area (Å²) in [6.07, 6.45) is 0.753. The summed E-state index contributed by atoms with van der Waals surface area (Å²) in [4.78, 5) is 48.2. The first-order valence-corrected chi connectivity index (χ1v) is 15.1. The highest BCUT2D eigenvalue weighted by Crippen LogP contribution is 2.41. The van der Waals surface area contributed by atoms with Crippen molar-refractivity contribution in [2.24, 2.45) is 11.8 Å². The largest absolute Gasteiger partial charge is 0.496 e. The molecule has 2 atom stereocenters. The molecule has 0 spiro atoms. The number of carboxylic acid groups (broad SMARTS) is 2. The molecule has 0 saturated carbocycles. The molecule has 0 radical (unpaired) electrons. The van der Waals surface area contributed by atoms with Gasteiger partial charge in [0, 0.05) is 33.7 Å². The van der Waals surface area contributed by atoms with Gasteiger partial charge >= 0.3 is 11.9 Å². The number of carbonyl (C=O) groups is 4. The molecule has 2 N–H and O–H groups in total. The van der Waals surface area contributed by atoms with Crippen LogP contribution >= 0.6 is 22.7 Å². The van der Waals surface area contributed by atoms with Gasteiger partial charge in [-0.1, -0.05) is 13.8 Å². The topological polar surface area (TPSA) is 136 Å². The first-order chi connectivity index (χ1) is 20.4. The molecule has 0 aliphatic carbocycles. The number of ether oxygens (including phenoxy) is 3. The minimum absolute atomic E-state index is 0.0790. The minimum Gasteiger partial charge on any atom is -0.496 e. The van der Waals surface area contributed by atoms with E-state index >= 15 is 4.39 Å². The monoisotopic (exact) mass is 630 g/mol. The van der Waals surface area contributed by atoms with E-state index in [-0.39, 0.29) is 52.8 Å². The molecule has 2 aromatic carbocycles. The summed E-state index contributed by atoms with van der Waals surface area (Å²) in [5.74, 6) is -4.26. The maximum Gasteiger partial charge on any atom is 0.306 e. The summed E-state index contributed by atoms with van der Waals surface area (Å²) in [5.41, 5.74) is 0.869. The van der Waals surface area contributed by atoms with Crippen LogP contribution < -0.4 is 14.2 Å². The summed E-state index contributed by atoms with van der Waals surface area (Å²) >= 11 is 2.36. The number of methoxy groups -OCH3 is 2. The molecule has 0 fully saturated rings. The molecule has 0 bridgehead atoms. The average Bonchev–Trinajstić information content (AvgIpc) is 3.59. The molecule has 0 saturated heterocycles. The molecule has 0 aliphatic rings. The van der Waals surface area contributed by atoms with Crippen LogP contribution in [0.5, 0.6) is 17.2 Å². The van der Waals surface area contributed by atoms with Crippen molar-refractivity contribution >= 4 is 66.4 Å². The summed E-state index contributed by atoms with van der Waals surface area (Å²) in [6, 6.07) is 8.54. The van der Waals surface area contributed by atoms with Crippen molar-refractivity contribution in [3.05, 3.63) is 51.5 Å². The Kier molecular flexibility index (Phi) is 10.0. The van der Waals surface area contributed by atoms with E-state index in [0.29, 0.717) is 28.2 Å². The Hall–Kier alpha value is -4.03. The van der Waals surface area contributed by atoms with Gasteiger partial charge in [-0.25, -0.2) is 4.39 Å². The third kappa shape index (κ3) is 7.14. The number of Topliss-reactive ketones (excluding diaryl/α,β-unsaturated/α-hetero) is 2. The van der Waals surface area contributed by atoms with Crippen LogP contribution in [0.1, 0.15) is 58.0 Å². The fourth-order valence-electron chi connectivity index (χ4n) is 4.53. The second-order valence-electron chi connectivity index (χ2n) is 10.2. The van der Waals surface area contributed by atoms with Gasteiger partial charge in [0.05, 0.1) is 42.4 Å². The second kappa shape index (κ2) is 13.5. The van der Waals surface area contributed by atoms with Crippen LogP contribution in [-0.2, 0) is 16.0 Å². The molecule has 12 heteroatoms. The van der Waals surface area contributed by atoms with Gasteiger partial charge in [-0.3, -0.25) is 19.2 Å². The highest BCUT2D eigenvalue weighted by Gasteiger charge is 2.23. The zero-order chi connectivity index (χ0) is 31.4. The number of ketones is 2. The van der Waals surface area contributed by atoms with Crippen molar-refractivity contribution in [1.29, 1.82) is 0 Å². The van der Waals surface area contributed by atoms with E-state index in [1.165, 1.54) is 38.4 Å². The van der Waals surface area contributed by atoms with Crippen molar-refractivity contribution in [1.82, 2.24) is 0 Å². The van der Waals surface area contributed by atoms with Gasteiger partial charge in [0.15, 0.2) is 28.9 Å². The van der Waals surface area contributed by atoms with Crippen LogP contribution in [0.4, 0.5) is 4.39 Å². The van der Waals surface area contributed by atoms with Crippen molar-refractivity contribution < 1.29 is 48.0 Å². The average molecular weight is 631 g/mol. The van der Waals surface area contributed by atoms with E-state index in [2.05, 4.69) is 0 Å². The fourth-order valence-corrected chi connectivity index (χ4v) is 6.59. The molecule has 2 heterocycles. The van der Waals surface area contributed by atoms with Gasteiger partial charge in [0.1, 0.15) is 5.75 Å². The molecule has 0 aliphatic heterocycles. The summed E-state index contributed by atoms with van der Waals surface area (Å²) in [7, 11) is 2.94. The van der Waals surface area contributed by atoms with Gasteiger partial charge in [0.2, 0.25) is 0 Å². The van der Waals surface area contributed by atoms with Gasteiger partial charge in [-0.2, -0.15) is 0 Å². The van der Waals surface area contributed by atoms with Gasteiger partial charge in [-0.05, 0) is 48.1 Å². The van der Waals surface area contributed by atoms with E-state index in [1.807, 2.05) is 12.1 Å². The molecule has 4 rings (SSSR count). The number of halogens is 1. The Balaban J connectivity index is 1.47. The van der Waals surface area contributed by atoms with Crippen LogP contribution in [-0.4, -0.2) is 54.5 Å². The molecular weight excluding hydrogens is 599 g/mol. The third-order valence-electron chi connectivity index (χ3n) is 7.03. The maximum atomic E-state index is 15.5. The first-order valence-electron chi connectivity index (χ1n) is 13.5. The van der Waals surface area contributed by atoms with Crippen molar-refractivity contribution in [2.45, 2.75) is 39.5 Å². The summed E-state index contributed by atoms with van der Waals surface area (Å²) in [6.45, 7) is 3.09. The Bertz CT molecular complexity index is 1700. The lowest BCUT2D eigenvalue weighted by Gasteiger charge is -2.13. The Morgan fingerprint density at radius 1 is 0.814 bits per heavy atom. The summed E-state index contributed by atoms with van der Waals surface area (Å²) < 4.78 is 33.6. The summed E-state index contributed by atoms with van der Waals surface area (Å²) in [5, 5.41) is 19.3. The lowest BCUT2D eigenvalue weighted by Crippen LogP contribution is -2.13. The molecule has 9 nitrogen and oxygen atoms in total. The number of aryl methyl sites for hydroxylation is 1. The van der Waals surface area contributed by atoms with E-state index < -0.39 is 29.6 Å². The fraction of sp³-hybridized carbons (Fsp3) is 0.355. The number of hydrogen-bond acceptors (Lipinski definition) is 9. The quantitative estimate of drug-likeness (QED) is 0.106. The SMILES string of the molecule is COc1cc2sc(C(=O)CC(C)C(=O)O)cc2cc1CCCOc1c(OC)cc2sc(C(=O)CC(C)C(=O)O)cc2c1F. The van der Waals surface area contributed by atoms with Crippen LogP contribution in [0, 0.1) is 17.7 Å². The van der Waals surface area contributed by atoms with Crippen LogP contribution in [0.25, 0.3) is 20.2 Å². The van der Waals surface area contributed by atoms with Crippen LogP contribution in [0.15, 0.2) is 30.3 Å². The van der Waals surface area contributed by atoms with Gasteiger partial charge in [-0.15, -0.1) is 22.7 Å². The normalized spacial score (nSPS) is 12.7. The number of benzene rings is 2. The number of thiophene rings is 2. The first kappa shape index (κ1) is 31.9. The third-order valence-corrected chi connectivity index (χ3v) is 9.30. The minimum atomic E-state index is -1.08. The Morgan fingerprint density at radius 2 is 1.37 bits per heavy atom. The number of carbonyl (C=O) groups excluding carboxylic acids is 2. The van der Waals surface area contributed by atoms with Crippen LogP contribution in [0.3, 0.4) is 0 Å². The predicted molar refractivity (Wildman–Crippen MR) is 162 cm³/mol. The predicted octanol–water partition coefficient (Wildman–Crippen LogP) is 6.87. The van der Waals surface area contributed by atoms with Crippen LogP contribution in [0.2, 0.25) is 0 Å². The molecule has 2 aromatic heterocycles. The number of carboxylic acids is 2. The number of fused-ring (bicyclic) bond motifs is 2. The Labute approximate surface area is 254 Å². The Morgan fingerprint density at radius 3 is 1.95 bits per heavy atom. The molecular formula is C31H31FO9S2. The molecule has 4 aromatic rings. The highest BCUT2D eigenvalue weighted by molar-refractivity contribution is 7.21. The number of rotatable bonds is 15. The lowest BCUT2D eigenvalue weighted by molar-refractivity contribution is -0.141. The maximum absolute atomic E-state index is 15.5. The van der Waals surface area contributed by atoms with Gasteiger partial charge in [0.25, 0.3) is 0 Å². The van der Waals surface area contributed by atoms with E-state index in [1.54, 1.807) is 19.2 Å². The molecule has 43 heavy (non-hydrogen) atoms. The van der Waals surface area contributed by atoms with Crippen molar-refractivity contribution in [3.8, 4) is 17.2 Å². The van der Waals surface area contributed by atoms with E-state index in [4.69, 9.17) is 24.4 Å². The zero-order valence-electron chi connectivity index (χ0n) is 24.0. The van der Waals surface area contributed by atoms with E-state index in [9.17, 15) is 19.2 Å². The molecule has 0 amide bonds. The van der Waals surface area contributed by atoms with Crippen molar-refractivity contribution in [3.63, 3.8) is 0 Å². The van der Waals surface area contributed by atoms with Gasteiger partial charge < -0.3 is 24.4 Å². The molecule has 2 unspecified atom stereocenters.